The van der Waals surface area contributed by atoms with Crippen molar-refractivity contribution in [2.75, 3.05) is 20.3 Å². The zero-order valence-electron chi connectivity index (χ0n) is 11.4. The number of hydrogen-bond donors (Lipinski definition) is 1. The van der Waals surface area contributed by atoms with Crippen molar-refractivity contribution in [1.29, 1.82) is 0 Å². The molecule has 0 radical (unpaired) electrons. The van der Waals surface area contributed by atoms with Gasteiger partial charge < -0.3 is 14.2 Å². The predicted octanol–water partition coefficient (Wildman–Crippen LogP) is 0.864. The van der Waals surface area contributed by atoms with Crippen molar-refractivity contribution < 1.29 is 19.0 Å². The molecule has 1 saturated carbocycles. The van der Waals surface area contributed by atoms with Crippen LogP contribution in [-0.4, -0.2) is 50.1 Å². The maximum atomic E-state index is 11.9. The molecule has 1 aliphatic carbocycles. The third kappa shape index (κ3) is 3.43. The van der Waals surface area contributed by atoms with Gasteiger partial charge in [0.1, 0.15) is 11.6 Å². The Bertz CT molecular complexity index is 301. The van der Waals surface area contributed by atoms with Gasteiger partial charge in [-0.1, -0.05) is 0 Å². The fraction of sp³-hybridized carbons (Fsp3) is 0.923. The fourth-order valence-electron chi connectivity index (χ4n) is 2.35. The highest BCUT2D eigenvalue weighted by molar-refractivity contribution is 5.80. The predicted molar refractivity (Wildman–Crippen MR) is 66.3 cm³/mol. The number of ether oxygens (including phenoxy) is 3. The lowest BCUT2D eigenvalue weighted by Crippen LogP contribution is -2.53. The molecule has 2 fully saturated rings. The molecule has 1 aliphatic heterocycles. The number of nitrogens with one attached hydrogen (secondary N) is 1. The average molecular weight is 257 g/mol. The first-order chi connectivity index (χ1) is 8.53. The first-order valence-electron chi connectivity index (χ1n) is 6.63. The van der Waals surface area contributed by atoms with Crippen LogP contribution in [0, 0.1) is 0 Å². The monoisotopic (exact) mass is 257 g/mol. The van der Waals surface area contributed by atoms with Crippen molar-refractivity contribution in [3.63, 3.8) is 0 Å². The molecule has 104 valence electrons. The molecule has 5 nitrogen and oxygen atoms in total. The second-order valence-corrected chi connectivity index (χ2v) is 5.55. The zero-order valence-corrected chi connectivity index (χ0v) is 11.4. The van der Waals surface area contributed by atoms with Crippen LogP contribution in [0.15, 0.2) is 0 Å². The van der Waals surface area contributed by atoms with Gasteiger partial charge in [-0.25, -0.2) is 0 Å². The lowest BCUT2D eigenvalue weighted by molar-refractivity contribution is -0.163. The Morgan fingerprint density at radius 3 is 2.61 bits per heavy atom. The molecule has 0 spiro atoms. The molecule has 0 aromatic heterocycles. The summed E-state index contributed by atoms with van der Waals surface area (Å²) in [5, 5.41) is 3.37. The van der Waals surface area contributed by atoms with Crippen LogP contribution in [0.2, 0.25) is 0 Å². The minimum atomic E-state index is -0.653. The molecule has 0 amide bonds. The van der Waals surface area contributed by atoms with Crippen LogP contribution in [0.3, 0.4) is 0 Å². The summed E-state index contributed by atoms with van der Waals surface area (Å²) >= 11 is 0. The van der Waals surface area contributed by atoms with Gasteiger partial charge in [0, 0.05) is 12.5 Å². The highest BCUT2D eigenvalue weighted by Crippen LogP contribution is 2.26. The topological polar surface area (TPSA) is 56.8 Å². The maximum absolute atomic E-state index is 11.9. The van der Waals surface area contributed by atoms with E-state index >= 15 is 0 Å². The van der Waals surface area contributed by atoms with Crippen LogP contribution >= 0.6 is 0 Å². The van der Waals surface area contributed by atoms with Crippen LogP contribution in [0.5, 0.6) is 0 Å². The Hall–Kier alpha value is -0.650. The lowest BCUT2D eigenvalue weighted by Gasteiger charge is -2.34. The van der Waals surface area contributed by atoms with Gasteiger partial charge in [-0.3, -0.25) is 10.1 Å². The average Bonchev–Trinajstić information content (AvgIpc) is 3.05. The molecule has 2 atom stereocenters. The van der Waals surface area contributed by atoms with Crippen molar-refractivity contribution in [1.82, 2.24) is 5.32 Å². The van der Waals surface area contributed by atoms with Gasteiger partial charge in [-0.2, -0.15) is 0 Å². The van der Waals surface area contributed by atoms with Crippen molar-refractivity contribution in [3.05, 3.63) is 0 Å². The third-order valence-corrected chi connectivity index (χ3v) is 3.46. The van der Waals surface area contributed by atoms with Crippen molar-refractivity contribution in [2.45, 2.75) is 56.9 Å². The molecular weight excluding hydrogens is 234 g/mol. The molecule has 2 aliphatic rings. The van der Waals surface area contributed by atoms with E-state index in [1.165, 1.54) is 7.11 Å². The van der Waals surface area contributed by atoms with E-state index in [-0.39, 0.29) is 18.2 Å². The molecular formula is C13H23NO4. The number of carbonyl (C=O) groups excluding carboxylic acids is 1. The van der Waals surface area contributed by atoms with Crippen molar-refractivity contribution >= 4 is 5.97 Å². The fourth-order valence-corrected chi connectivity index (χ4v) is 2.35. The Kier molecular flexibility index (Phi) is 4.25. The summed E-state index contributed by atoms with van der Waals surface area (Å²) in [5.41, 5.74) is -0.653. The smallest absolute Gasteiger partial charge is 0.325 e. The Balaban J connectivity index is 1.87. The molecule has 5 heteroatoms. The van der Waals surface area contributed by atoms with Crippen LogP contribution in [0.25, 0.3) is 0 Å². The minimum Gasteiger partial charge on any atom is -0.468 e. The molecule has 0 aromatic rings. The lowest BCUT2D eigenvalue weighted by atomic mass is 9.94. The first kappa shape index (κ1) is 13.8. The Labute approximate surface area is 108 Å². The van der Waals surface area contributed by atoms with Crippen LogP contribution in [0.1, 0.15) is 33.1 Å². The number of methoxy groups -OCH3 is 1. The molecule has 1 N–H and O–H groups in total. The van der Waals surface area contributed by atoms with E-state index in [4.69, 9.17) is 14.2 Å². The summed E-state index contributed by atoms with van der Waals surface area (Å²) in [4.78, 5) is 11.9. The normalized spacial score (nSPS) is 25.1. The maximum Gasteiger partial charge on any atom is 0.325 e. The summed E-state index contributed by atoms with van der Waals surface area (Å²) in [5.74, 6) is -0.213. The largest absolute Gasteiger partial charge is 0.468 e. The van der Waals surface area contributed by atoms with Gasteiger partial charge in [0.15, 0.2) is 0 Å². The van der Waals surface area contributed by atoms with E-state index in [2.05, 4.69) is 5.32 Å². The third-order valence-electron chi connectivity index (χ3n) is 3.46. The van der Waals surface area contributed by atoms with Gasteiger partial charge in [0.25, 0.3) is 0 Å². The van der Waals surface area contributed by atoms with E-state index in [0.29, 0.717) is 25.7 Å². The number of rotatable bonds is 7. The summed E-state index contributed by atoms with van der Waals surface area (Å²) in [6.07, 6.45) is 3.08. The number of hydrogen-bond acceptors (Lipinski definition) is 5. The van der Waals surface area contributed by atoms with E-state index in [1.54, 1.807) is 0 Å². The molecule has 18 heavy (non-hydrogen) atoms. The Morgan fingerprint density at radius 2 is 2.17 bits per heavy atom. The van der Waals surface area contributed by atoms with Gasteiger partial charge in [-0.15, -0.1) is 0 Å². The van der Waals surface area contributed by atoms with Crippen LogP contribution in [0.4, 0.5) is 0 Å². The van der Waals surface area contributed by atoms with Crippen LogP contribution < -0.4 is 5.32 Å². The van der Waals surface area contributed by atoms with Crippen molar-refractivity contribution in [2.24, 2.45) is 0 Å². The summed E-state index contributed by atoms with van der Waals surface area (Å²) in [7, 11) is 1.43. The summed E-state index contributed by atoms with van der Waals surface area (Å²) < 4.78 is 15.8. The van der Waals surface area contributed by atoms with Gasteiger partial charge >= 0.3 is 5.97 Å². The van der Waals surface area contributed by atoms with Crippen LogP contribution in [-0.2, 0) is 19.0 Å². The van der Waals surface area contributed by atoms with E-state index in [9.17, 15) is 4.79 Å². The van der Waals surface area contributed by atoms with Crippen molar-refractivity contribution in [3.8, 4) is 0 Å². The summed E-state index contributed by atoms with van der Waals surface area (Å²) in [6.45, 7) is 5.22. The molecule has 0 aromatic carbocycles. The Morgan fingerprint density at radius 1 is 1.50 bits per heavy atom. The molecule has 1 heterocycles. The summed E-state index contributed by atoms with van der Waals surface area (Å²) in [6, 6.07) is 0.452. The molecule has 2 unspecified atom stereocenters. The quantitative estimate of drug-likeness (QED) is 0.686. The highest BCUT2D eigenvalue weighted by atomic mass is 16.6. The highest BCUT2D eigenvalue weighted by Gasteiger charge is 2.41. The second-order valence-electron chi connectivity index (χ2n) is 5.55. The molecule has 0 bridgehead atoms. The van der Waals surface area contributed by atoms with Gasteiger partial charge in [0.2, 0.25) is 0 Å². The first-order valence-corrected chi connectivity index (χ1v) is 6.63. The SMILES string of the molecule is COC(=O)C(C)(CC(C)OC1COC1)NC1CC1. The minimum absolute atomic E-state index is 0.00856. The standard InChI is InChI=1S/C13H23NO4/c1-9(18-11-7-17-8-11)6-13(2,12(15)16-3)14-10-4-5-10/h9-11,14H,4-8H2,1-3H3. The number of carbonyl (C=O) groups is 1. The zero-order chi connectivity index (χ0) is 13.2. The number of esters is 1. The van der Waals surface area contributed by atoms with Gasteiger partial charge in [-0.05, 0) is 26.7 Å². The van der Waals surface area contributed by atoms with E-state index in [0.717, 1.165) is 12.8 Å². The van der Waals surface area contributed by atoms with Gasteiger partial charge in [0.05, 0.1) is 26.4 Å². The van der Waals surface area contributed by atoms with E-state index < -0.39 is 5.54 Å². The molecule has 1 saturated heterocycles. The molecule has 2 rings (SSSR count). The second kappa shape index (κ2) is 5.55. The van der Waals surface area contributed by atoms with E-state index in [1.807, 2.05) is 13.8 Å².